The molecule has 5 nitrogen and oxygen atoms in total. The largest absolute Gasteiger partial charge is 0.481 e. The molecule has 1 N–H and O–H groups in total. The highest BCUT2D eigenvalue weighted by Gasteiger charge is 2.10. The lowest BCUT2D eigenvalue weighted by Crippen LogP contribution is -2.32. The van der Waals surface area contributed by atoms with Crippen LogP contribution in [0.3, 0.4) is 0 Å². The quantitative estimate of drug-likeness (QED) is 0.738. The van der Waals surface area contributed by atoms with E-state index in [0.717, 1.165) is 18.8 Å². The summed E-state index contributed by atoms with van der Waals surface area (Å²) < 4.78 is 5.27. The van der Waals surface area contributed by atoms with Crippen LogP contribution < -0.4 is 0 Å². The summed E-state index contributed by atoms with van der Waals surface area (Å²) >= 11 is 0. The van der Waals surface area contributed by atoms with Gasteiger partial charge in [0.1, 0.15) is 5.76 Å². The molecule has 0 aliphatic carbocycles. The minimum atomic E-state index is -0.765. The fourth-order valence-electron chi connectivity index (χ4n) is 1.49. The molecule has 1 aromatic heterocycles. The lowest BCUT2D eigenvalue weighted by molar-refractivity contribution is -0.137. The maximum Gasteiger partial charge on any atom is 0.304 e. The van der Waals surface area contributed by atoms with Crippen LogP contribution in [0.25, 0.3) is 0 Å². The van der Waals surface area contributed by atoms with Crippen LogP contribution in [0, 0.1) is 0 Å². The Kier molecular flexibility index (Phi) is 5.72. The Morgan fingerprint density at radius 1 is 1.35 bits per heavy atom. The van der Waals surface area contributed by atoms with Crippen LogP contribution in [0.2, 0.25) is 0 Å². The number of hydrogen-bond acceptors (Lipinski definition) is 4. The van der Waals surface area contributed by atoms with Gasteiger partial charge in [0.25, 0.3) is 0 Å². The molecule has 0 aliphatic heterocycles. The molecule has 0 fully saturated rings. The fourth-order valence-corrected chi connectivity index (χ4v) is 1.49. The van der Waals surface area contributed by atoms with Gasteiger partial charge in [-0.3, -0.25) is 9.69 Å². The monoisotopic (exact) mass is 240 g/mol. The van der Waals surface area contributed by atoms with E-state index in [-0.39, 0.29) is 6.42 Å². The van der Waals surface area contributed by atoms with Crippen molar-refractivity contribution >= 4 is 5.97 Å². The highest BCUT2D eigenvalue weighted by Crippen LogP contribution is 2.06. The second-order valence-electron chi connectivity index (χ2n) is 4.30. The van der Waals surface area contributed by atoms with Crippen molar-refractivity contribution in [3.8, 4) is 0 Å². The highest BCUT2D eigenvalue weighted by atomic mass is 16.4. The first kappa shape index (κ1) is 13.7. The average Bonchev–Trinajstić information content (AvgIpc) is 2.74. The van der Waals surface area contributed by atoms with Gasteiger partial charge >= 0.3 is 5.97 Å². The van der Waals surface area contributed by atoms with Crippen LogP contribution in [-0.2, 0) is 11.3 Å². The van der Waals surface area contributed by atoms with E-state index < -0.39 is 5.97 Å². The maximum atomic E-state index is 10.6. The van der Waals surface area contributed by atoms with Gasteiger partial charge in [0.2, 0.25) is 0 Å². The third-order valence-corrected chi connectivity index (χ3v) is 2.46. The van der Waals surface area contributed by atoms with Crippen LogP contribution in [0.1, 0.15) is 12.2 Å². The topological polar surface area (TPSA) is 56.9 Å². The molecular weight excluding hydrogens is 220 g/mol. The number of carboxylic acids is 1. The van der Waals surface area contributed by atoms with Gasteiger partial charge in [0.05, 0.1) is 19.2 Å². The smallest absolute Gasteiger partial charge is 0.304 e. The van der Waals surface area contributed by atoms with Crippen molar-refractivity contribution in [2.24, 2.45) is 0 Å². The fraction of sp³-hybridized carbons (Fsp3) is 0.583. The molecule has 0 atom stereocenters. The summed E-state index contributed by atoms with van der Waals surface area (Å²) in [6.07, 6.45) is 1.80. The molecule has 1 heterocycles. The van der Waals surface area contributed by atoms with Crippen molar-refractivity contribution in [3.05, 3.63) is 24.2 Å². The predicted octanol–water partition coefficient (Wildman–Crippen LogP) is 1.12. The molecule has 0 unspecified atom stereocenters. The number of nitrogens with zero attached hydrogens (tertiary/aromatic N) is 2. The molecule has 0 radical (unpaired) electrons. The zero-order valence-electron chi connectivity index (χ0n) is 10.4. The molecule has 0 spiro atoms. The van der Waals surface area contributed by atoms with Crippen LogP contribution >= 0.6 is 0 Å². The van der Waals surface area contributed by atoms with E-state index in [1.165, 1.54) is 0 Å². The van der Waals surface area contributed by atoms with Crippen molar-refractivity contribution in [1.82, 2.24) is 9.80 Å². The maximum absolute atomic E-state index is 10.6. The Morgan fingerprint density at radius 2 is 2.12 bits per heavy atom. The van der Waals surface area contributed by atoms with Gasteiger partial charge in [0, 0.05) is 19.6 Å². The molecular formula is C12H20N2O3. The number of carboxylic acid groups (broad SMARTS) is 1. The molecule has 0 saturated heterocycles. The van der Waals surface area contributed by atoms with E-state index >= 15 is 0 Å². The minimum absolute atomic E-state index is 0.161. The number of rotatable bonds is 8. The summed E-state index contributed by atoms with van der Waals surface area (Å²) in [6, 6.07) is 3.75. The first-order valence-electron chi connectivity index (χ1n) is 5.69. The molecule has 0 saturated carbocycles. The standard InChI is InChI=1S/C12H20N2O3/c1-13(2)7-8-14(6-5-12(15)16)10-11-4-3-9-17-11/h3-4,9H,5-8,10H2,1-2H3,(H,15,16). The molecule has 1 aromatic rings. The number of hydrogen-bond donors (Lipinski definition) is 1. The summed E-state index contributed by atoms with van der Waals surface area (Å²) in [5, 5.41) is 8.71. The van der Waals surface area contributed by atoms with E-state index in [2.05, 4.69) is 9.80 Å². The van der Waals surface area contributed by atoms with Gasteiger partial charge in [-0.25, -0.2) is 0 Å². The SMILES string of the molecule is CN(C)CCN(CCC(=O)O)Cc1ccco1. The van der Waals surface area contributed by atoms with Crippen molar-refractivity contribution in [1.29, 1.82) is 0 Å². The third-order valence-electron chi connectivity index (χ3n) is 2.46. The zero-order chi connectivity index (χ0) is 12.7. The first-order chi connectivity index (χ1) is 8.08. The molecule has 5 heteroatoms. The van der Waals surface area contributed by atoms with E-state index in [9.17, 15) is 4.79 Å². The van der Waals surface area contributed by atoms with E-state index in [1.807, 2.05) is 26.2 Å². The van der Waals surface area contributed by atoms with Crippen molar-refractivity contribution in [2.45, 2.75) is 13.0 Å². The Balaban J connectivity index is 2.43. The van der Waals surface area contributed by atoms with Gasteiger partial charge in [-0.1, -0.05) is 0 Å². The van der Waals surface area contributed by atoms with Crippen LogP contribution in [0.4, 0.5) is 0 Å². The van der Waals surface area contributed by atoms with Crippen LogP contribution in [0.5, 0.6) is 0 Å². The minimum Gasteiger partial charge on any atom is -0.481 e. The second-order valence-corrected chi connectivity index (χ2v) is 4.30. The first-order valence-corrected chi connectivity index (χ1v) is 5.69. The van der Waals surface area contributed by atoms with Crippen molar-refractivity contribution in [2.75, 3.05) is 33.7 Å². The lowest BCUT2D eigenvalue weighted by atomic mass is 10.3. The molecule has 0 bridgehead atoms. The van der Waals surface area contributed by atoms with E-state index in [1.54, 1.807) is 6.26 Å². The Labute approximate surface area is 102 Å². The summed E-state index contributed by atoms with van der Waals surface area (Å²) in [5.74, 6) is 0.105. The molecule has 96 valence electrons. The summed E-state index contributed by atoms with van der Waals surface area (Å²) in [6.45, 7) is 2.94. The Bertz CT molecular complexity index is 323. The number of carbonyl (C=O) groups is 1. The second kappa shape index (κ2) is 7.09. The summed E-state index contributed by atoms with van der Waals surface area (Å²) in [4.78, 5) is 14.8. The average molecular weight is 240 g/mol. The van der Waals surface area contributed by atoms with Crippen LogP contribution in [0.15, 0.2) is 22.8 Å². The van der Waals surface area contributed by atoms with Gasteiger partial charge in [-0.15, -0.1) is 0 Å². The van der Waals surface area contributed by atoms with Gasteiger partial charge in [0.15, 0.2) is 0 Å². The van der Waals surface area contributed by atoms with E-state index in [0.29, 0.717) is 13.1 Å². The van der Waals surface area contributed by atoms with Gasteiger partial charge in [-0.05, 0) is 26.2 Å². The Hall–Kier alpha value is -1.33. The molecule has 17 heavy (non-hydrogen) atoms. The molecule has 0 amide bonds. The van der Waals surface area contributed by atoms with Crippen molar-refractivity contribution < 1.29 is 14.3 Å². The predicted molar refractivity (Wildman–Crippen MR) is 64.8 cm³/mol. The lowest BCUT2D eigenvalue weighted by Gasteiger charge is -2.22. The molecule has 1 rings (SSSR count). The van der Waals surface area contributed by atoms with Crippen molar-refractivity contribution in [3.63, 3.8) is 0 Å². The van der Waals surface area contributed by atoms with Crippen LogP contribution in [-0.4, -0.2) is 54.6 Å². The normalized spacial score (nSPS) is 11.3. The Morgan fingerprint density at radius 3 is 2.65 bits per heavy atom. The third kappa shape index (κ3) is 6.09. The number of likely N-dealkylation sites (N-methyl/N-ethyl adjacent to an activating group) is 1. The molecule has 0 aliphatic rings. The zero-order valence-corrected chi connectivity index (χ0v) is 10.4. The highest BCUT2D eigenvalue weighted by molar-refractivity contribution is 5.66. The number of furan rings is 1. The number of aliphatic carboxylic acids is 1. The van der Waals surface area contributed by atoms with Gasteiger partial charge in [-0.2, -0.15) is 0 Å². The molecule has 0 aromatic carbocycles. The summed E-state index contributed by atoms with van der Waals surface area (Å²) in [5.41, 5.74) is 0. The van der Waals surface area contributed by atoms with E-state index in [4.69, 9.17) is 9.52 Å². The summed E-state index contributed by atoms with van der Waals surface area (Å²) in [7, 11) is 4.00. The van der Waals surface area contributed by atoms with Gasteiger partial charge < -0.3 is 14.4 Å².